The molecule has 0 N–H and O–H groups in total. The molecule has 6 heteroatoms. The van der Waals surface area contributed by atoms with E-state index in [9.17, 15) is 4.79 Å². The van der Waals surface area contributed by atoms with Crippen molar-refractivity contribution in [1.29, 1.82) is 0 Å². The SMILES string of the molecule is O=c1/c(=C/c2ccccc2Cl)sc2n1[C@@H](c1ccc(Cl)cc1)C1=C(N=2)c2ccccc2CC1. The van der Waals surface area contributed by atoms with Gasteiger partial charge in [-0.25, -0.2) is 4.99 Å². The Labute approximate surface area is 204 Å². The topological polar surface area (TPSA) is 34.4 Å². The minimum atomic E-state index is -0.213. The lowest BCUT2D eigenvalue weighted by Gasteiger charge is -2.30. The predicted molar refractivity (Wildman–Crippen MR) is 136 cm³/mol. The summed E-state index contributed by atoms with van der Waals surface area (Å²) in [6.07, 6.45) is 3.65. The largest absolute Gasteiger partial charge is 0.272 e. The van der Waals surface area contributed by atoms with Gasteiger partial charge in [0.25, 0.3) is 5.56 Å². The molecule has 1 atom stereocenters. The van der Waals surface area contributed by atoms with E-state index in [-0.39, 0.29) is 11.6 Å². The summed E-state index contributed by atoms with van der Waals surface area (Å²) >= 11 is 14.0. The van der Waals surface area contributed by atoms with Gasteiger partial charge in [0.1, 0.15) is 0 Å². The summed E-state index contributed by atoms with van der Waals surface area (Å²) < 4.78 is 2.46. The summed E-state index contributed by atoms with van der Waals surface area (Å²) in [6.45, 7) is 0. The van der Waals surface area contributed by atoms with Crippen LogP contribution in [0.2, 0.25) is 10.0 Å². The normalized spacial score (nSPS) is 17.3. The number of thiazole rings is 1. The van der Waals surface area contributed by atoms with Gasteiger partial charge in [0.15, 0.2) is 4.80 Å². The molecule has 1 aliphatic carbocycles. The molecule has 1 aromatic heterocycles. The van der Waals surface area contributed by atoms with E-state index >= 15 is 0 Å². The van der Waals surface area contributed by atoms with Gasteiger partial charge in [0.2, 0.25) is 0 Å². The number of aryl methyl sites for hydroxylation is 1. The van der Waals surface area contributed by atoms with E-state index in [4.69, 9.17) is 28.2 Å². The van der Waals surface area contributed by atoms with Crippen molar-refractivity contribution in [3.8, 4) is 0 Å². The molecule has 162 valence electrons. The van der Waals surface area contributed by atoms with Gasteiger partial charge in [-0.05, 0) is 59.4 Å². The molecule has 0 spiro atoms. The van der Waals surface area contributed by atoms with E-state index in [2.05, 4.69) is 18.2 Å². The fourth-order valence-electron chi connectivity index (χ4n) is 4.70. The van der Waals surface area contributed by atoms with Crippen LogP contribution in [0.4, 0.5) is 0 Å². The molecule has 0 saturated heterocycles. The van der Waals surface area contributed by atoms with Gasteiger partial charge in [0.05, 0.1) is 16.3 Å². The van der Waals surface area contributed by atoms with Crippen LogP contribution in [0.5, 0.6) is 0 Å². The zero-order chi connectivity index (χ0) is 22.5. The van der Waals surface area contributed by atoms with Crippen LogP contribution >= 0.6 is 34.5 Å². The summed E-state index contributed by atoms with van der Waals surface area (Å²) in [5, 5.41) is 1.29. The zero-order valence-corrected chi connectivity index (χ0v) is 19.8. The lowest BCUT2D eigenvalue weighted by molar-refractivity contribution is 0.585. The predicted octanol–water partition coefficient (Wildman–Crippen LogP) is 5.63. The lowest BCUT2D eigenvalue weighted by atomic mass is 9.83. The van der Waals surface area contributed by atoms with E-state index in [0.29, 0.717) is 19.4 Å². The number of benzene rings is 3. The second kappa shape index (κ2) is 8.14. The van der Waals surface area contributed by atoms with Gasteiger partial charge in [-0.1, -0.05) is 89.1 Å². The van der Waals surface area contributed by atoms with Crippen LogP contribution in [-0.4, -0.2) is 4.57 Å². The van der Waals surface area contributed by atoms with Crippen LogP contribution in [0.1, 0.15) is 34.7 Å². The molecule has 3 aromatic carbocycles. The first-order valence-corrected chi connectivity index (χ1v) is 12.3. The Bertz CT molecular complexity index is 1610. The summed E-state index contributed by atoms with van der Waals surface area (Å²) in [6, 6.07) is 23.5. The van der Waals surface area contributed by atoms with Gasteiger partial charge >= 0.3 is 0 Å². The van der Waals surface area contributed by atoms with Gasteiger partial charge in [-0.15, -0.1) is 0 Å². The number of fused-ring (bicyclic) bond motifs is 3. The minimum absolute atomic E-state index is 0.0518. The molecule has 0 unspecified atom stereocenters. The second-order valence-corrected chi connectivity index (χ2v) is 10.0. The van der Waals surface area contributed by atoms with E-state index in [1.54, 1.807) is 0 Å². The maximum absolute atomic E-state index is 13.7. The van der Waals surface area contributed by atoms with Crippen molar-refractivity contribution in [2.75, 3.05) is 0 Å². The molecule has 33 heavy (non-hydrogen) atoms. The first kappa shape index (κ1) is 20.7. The van der Waals surface area contributed by atoms with Crippen LogP contribution in [0.25, 0.3) is 11.8 Å². The van der Waals surface area contributed by atoms with Crippen LogP contribution in [-0.2, 0) is 6.42 Å². The van der Waals surface area contributed by atoms with Crippen LogP contribution in [0.15, 0.2) is 88.2 Å². The molecular weight excluding hydrogens is 471 g/mol. The monoisotopic (exact) mass is 488 g/mol. The van der Waals surface area contributed by atoms with Crippen molar-refractivity contribution in [2.45, 2.75) is 18.9 Å². The maximum atomic E-state index is 13.7. The highest BCUT2D eigenvalue weighted by atomic mass is 35.5. The number of nitrogens with zero attached hydrogens (tertiary/aromatic N) is 2. The van der Waals surface area contributed by atoms with Crippen molar-refractivity contribution >= 4 is 46.3 Å². The Kier molecular flexibility index (Phi) is 5.10. The molecule has 0 amide bonds. The number of allylic oxidation sites excluding steroid dienone is 1. The Morgan fingerprint density at radius 3 is 2.52 bits per heavy atom. The zero-order valence-electron chi connectivity index (χ0n) is 17.5. The van der Waals surface area contributed by atoms with E-state index in [0.717, 1.165) is 35.2 Å². The van der Waals surface area contributed by atoms with E-state index < -0.39 is 0 Å². The third-order valence-corrected chi connectivity index (χ3v) is 7.83. The second-order valence-electron chi connectivity index (χ2n) is 8.19. The van der Waals surface area contributed by atoms with E-state index in [1.165, 1.54) is 22.5 Å². The van der Waals surface area contributed by atoms with Crippen molar-refractivity contribution in [3.63, 3.8) is 0 Å². The summed E-state index contributed by atoms with van der Waals surface area (Å²) in [5.74, 6) is 0. The quantitative estimate of drug-likeness (QED) is 0.360. The molecule has 2 heterocycles. The first-order chi connectivity index (χ1) is 16.1. The third-order valence-electron chi connectivity index (χ3n) is 6.25. The summed E-state index contributed by atoms with van der Waals surface area (Å²) in [4.78, 5) is 19.4. The molecule has 3 nitrogen and oxygen atoms in total. The summed E-state index contributed by atoms with van der Waals surface area (Å²) in [7, 11) is 0. The average molecular weight is 489 g/mol. The Morgan fingerprint density at radius 1 is 0.939 bits per heavy atom. The third kappa shape index (κ3) is 3.50. The van der Waals surface area contributed by atoms with Crippen molar-refractivity contribution < 1.29 is 0 Å². The number of hydrogen-bond acceptors (Lipinski definition) is 3. The Hall–Kier alpha value is -2.92. The van der Waals surface area contributed by atoms with E-state index in [1.807, 2.05) is 65.2 Å². The average Bonchev–Trinajstić information content (AvgIpc) is 3.14. The molecule has 1 aliphatic heterocycles. The standard InChI is InChI=1S/C27H18Cl2N2OS/c28-19-12-9-17(10-13-19)25-21-14-11-16-5-1-3-7-20(16)24(21)30-27-31(25)26(32)23(33-27)15-18-6-2-4-8-22(18)29/h1-10,12-13,15,25H,11,14H2/b23-15-/t25-/m0/s1. The highest BCUT2D eigenvalue weighted by Crippen LogP contribution is 2.41. The highest BCUT2D eigenvalue weighted by molar-refractivity contribution is 7.07. The lowest BCUT2D eigenvalue weighted by Crippen LogP contribution is -2.38. The molecule has 0 saturated carbocycles. The molecule has 0 radical (unpaired) electrons. The van der Waals surface area contributed by atoms with Gasteiger partial charge in [0, 0.05) is 15.6 Å². The fraction of sp³-hybridized carbons (Fsp3) is 0.111. The number of hydrogen-bond donors (Lipinski definition) is 0. The smallest absolute Gasteiger partial charge is 0.271 e. The number of rotatable bonds is 2. The first-order valence-electron chi connectivity index (χ1n) is 10.7. The molecule has 0 bridgehead atoms. The van der Waals surface area contributed by atoms with Crippen LogP contribution in [0.3, 0.4) is 0 Å². The summed E-state index contributed by atoms with van der Waals surface area (Å²) in [5.41, 5.74) is 6.42. The minimum Gasteiger partial charge on any atom is -0.272 e. The van der Waals surface area contributed by atoms with Crippen LogP contribution in [0, 0.1) is 0 Å². The van der Waals surface area contributed by atoms with Gasteiger partial charge < -0.3 is 0 Å². The van der Waals surface area contributed by atoms with Crippen molar-refractivity contribution in [2.24, 2.45) is 4.99 Å². The van der Waals surface area contributed by atoms with Crippen molar-refractivity contribution in [1.82, 2.24) is 4.57 Å². The molecule has 0 fully saturated rings. The van der Waals surface area contributed by atoms with Crippen LogP contribution < -0.4 is 14.9 Å². The molecule has 6 rings (SSSR count). The van der Waals surface area contributed by atoms with Gasteiger partial charge in [-0.2, -0.15) is 0 Å². The molecule has 2 aliphatic rings. The Morgan fingerprint density at radius 2 is 1.70 bits per heavy atom. The number of halogens is 2. The Balaban J connectivity index is 1.64. The highest BCUT2D eigenvalue weighted by Gasteiger charge is 2.32. The molecule has 4 aromatic rings. The van der Waals surface area contributed by atoms with Gasteiger partial charge in [-0.3, -0.25) is 9.36 Å². The maximum Gasteiger partial charge on any atom is 0.271 e. The molecular formula is C27H18Cl2N2OS. The fourth-order valence-corrected chi connectivity index (χ4v) is 6.01. The number of aromatic nitrogens is 1. The van der Waals surface area contributed by atoms with Crippen molar-refractivity contribution in [3.05, 3.63) is 130 Å².